The van der Waals surface area contributed by atoms with Crippen molar-refractivity contribution < 1.29 is 0 Å². The Morgan fingerprint density at radius 3 is 2.88 bits per heavy atom. The van der Waals surface area contributed by atoms with E-state index in [0.29, 0.717) is 5.56 Å². The van der Waals surface area contributed by atoms with Crippen LogP contribution in [0.5, 0.6) is 0 Å². The third-order valence-corrected chi connectivity index (χ3v) is 3.43. The number of aromatic nitrogens is 2. The van der Waals surface area contributed by atoms with Crippen molar-refractivity contribution in [2.24, 2.45) is 5.92 Å². The Morgan fingerprint density at radius 2 is 2.24 bits per heavy atom. The largest absolute Gasteiger partial charge is 0.354 e. The lowest BCUT2D eigenvalue weighted by Crippen LogP contribution is -2.34. The lowest BCUT2D eigenvalue weighted by atomic mass is 9.92. The van der Waals surface area contributed by atoms with E-state index in [0.717, 1.165) is 24.8 Å². The summed E-state index contributed by atoms with van der Waals surface area (Å²) >= 11 is 0. The minimum Gasteiger partial charge on any atom is -0.354 e. The van der Waals surface area contributed by atoms with E-state index in [1.165, 1.54) is 25.7 Å². The van der Waals surface area contributed by atoms with Crippen LogP contribution >= 0.6 is 0 Å². The van der Waals surface area contributed by atoms with Crippen molar-refractivity contribution in [3.05, 3.63) is 17.8 Å². The summed E-state index contributed by atoms with van der Waals surface area (Å²) in [6.45, 7) is 4.24. The van der Waals surface area contributed by atoms with Crippen LogP contribution in [0, 0.1) is 17.2 Å². The molecule has 1 aromatic rings. The molecule has 2 heterocycles. The van der Waals surface area contributed by atoms with Crippen LogP contribution < -0.4 is 4.90 Å². The molecule has 2 rings (SSSR count). The van der Waals surface area contributed by atoms with Crippen molar-refractivity contribution in [3.8, 4) is 6.07 Å². The second-order valence-electron chi connectivity index (χ2n) is 4.60. The number of hydrogen-bond donors (Lipinski definition) is 0. The SMILES string of the molecule is CCCC1CCN(c2nnccc2C#N)CC1. The zero-order chi connectivity index (χ0) is 12.1. The fourth-order valence-electron chi connectivity index (χ4n) is 2.49. The summed E-state index contributed by atoms with van der Waals surface area (Å²) in [4.78, 5) is 2.19. The molecule has 4 heteroatoms. The molecule has 0 spiro atoms. The Balaban J connectivity index is 2.03. The van der Waals surface area contributed by atoms with Gasteiger partial charge in [-0.1, -0.05) is 19.8 Å². The van der Waals surface area contributed by atoms with Gasteiger partial charge in [-0.2, -0.15) is 10.4 Å². The zero-order valence-electron chi connectivity index (χ0n) is 10.3. The number of nitriles is 1. The third-order valence-electron chi connectivity index (χ3n) is 3.43. The minimum atomic E-state index is 0.633. The second-order valence-corrected chi connectivity index (χ2v) is 4.60. The van der Waals surface area contributed by atoms with E-state index in [1.807, 2.05) is 0 Å². The van der Waals surface area contributed by atoms with E-state index in [9.17, 15) is 0 Å². The summed E-state index contributed by atoms with van der Waals surface area (Å²) in [5, 5.41) is 17.0. The van der Waals surface area contributed by atoms with E-state index in [-0.39, 0.29) is 0 Å². The van der Waals surface area contributed by atoms with Crippen molar-refractivity contribution in [1.82, 2.24) is 10.2 Å². The molecule has 0 N–H and O–H groups in total. The van der Waals surface area contributed by atoms with Crippen LogP contribution in [0.3, 0.4) is 0 Å². The summed E-state index contributed by atoms with van der Waals surface area (Å²) in [5.41, 5.74) is 0.633. The van der Waals surface area contributed by atoms with Gasteiger partial charge in [-0.3, -0.25) is 0 Å². The molecule has 0 unspecified atom stereocenters. The van der Waals surface area contributed by atoms with E-state index in [4.69, 9.17) is 5.26 Å². The summed E-state index contributed by atoms with van der Waals surface area (Å²) in [5.74, 6) is 1.60. The molecule has 0 saturated carbocycles. The lowest BCUT2D eigenvalue weighted by molar-refractivity contribution is 0.377. The Labute approximate surface area is 102 Å². The molecule has 90 valence electrons. The zero-order valence-corrected chi connectivity index (χ0v) is 10.3. The first-order chi connectivity index (χ1) is 8.35. The molecule has 0 bridgehead atoms. The number of anilines is 1. The fraction of sp³-hybridized carbons (Fsp3) is 0.615. The Bertz CT molecular complexity index is 402. The van der Waals surface area contributed by atoms with Crippen LogP contribution in [0.25, 0.3) is 0 Å². The molecular weight excluding hydrogens is 212 g/mol. The second kappa shape index (κ2) is 5.62. The molecule has 4 nitrogen and oxygen atoms in total. The highest BCUT2D eigenvalue weighted by molar-refractivity contribution is 5.52. The Kier molecular flexibility index (Phi) is 3.92. The molecule has 0 amide bonds. The highest BCUT2D eigenvalue weighted by Crippen LogP contribution is 2.25. The summed E-state index contributed by atoms with van der Waals surface area (Å²) in [7, 11) is 0. The van der Waals surface area contributed by atoms with Gasteiger partial charge in [0.2, 0.25) is 0 Å². The van der Waals surface area contributed by atoms with Crippen LogP contribution in [0.2, 0.25) is 0 Å². The standard InChI is InChI=1S/C13H18N4/c1-2-3-11-5-8-17(9-6-11)13-12(10-14)4-7-15-16-13/h4,7,11H,2-3,5-6,8-9H2,1H3. The van der Waals surface area contributed by atoms with E-state index in [2.05, 4.69) is 28.1 Å². The van der Waals surface area contributed by atoms with Gasteiger partial charge in [-0.05, 0) is 24.8 Å². The van der Waals surface area contributed by atoms with Gasteiger partial charge in [0.05, 0.1) is 11.8 Å². The molecule has 0 radical (unpaired) electrons. The molecule has 0 atom stereocenters. The van der Waals surface area contributed by atoms with E-state index >= 15 is 0 Å². The van der Waals surface area contributed by atoms with Crippen LogP contribution in [-0.2, 0) is 0 Å². The van der Waals surface area contributed by atoms with Gasteiger partial charge in [0.15, 0.2) is 5.82 Å². The Morgan fingerprint density at radius 1 is 1.47 bits per heavy atom. The van der Waals surface area contributed by atoms with Gasteiger partial charge in [0.25, 0.3) is 0 Å². The van der Waals surface area contributed by atoms with Crippen molar-refractivity contribution >= 4 is 5.82 Å². The molecule has 1 aromatic heterocycles. The topological polar surface area (TPSA) is 52.8 Å². The number of hydrogen-bond acceptors (Lipinski definition) is 4. The molecule has 1 aliphatic rings. The molecule has 1 saturated heterocycles. The van der Waals surface area contributed by atoms with Crippen molar-refractivity contribution in [1.29, 1.82) is 5.26 Å². The van der Waals surface area contributed by atoms with Gasteiger partial charge in [-0.25, -0.2) is 0 Å². The predicted molar refractivity (Wildman–Crippen MR) is 66.6 cm³/mol. The smallest absolute Gasteiger partial charge is 0.169 e. The van der Waals surface area contributed by atoms with E-state index in [1.54, 1.807) is 12.3 Å². The van der Waals surface area contributed by atoms with Crippen molar-refractivity contribution in [3.63, 3.8) is 0 Å². The number of rotatable bonds is 3. The normalized spacial score (nSPS) is 16.8. The molecule has 1 fully saturated rings. The molecule has 1 aliphatic heterocycles. The predicted octanol–water partition coefficient (Wildman–Crippen LogP) is 2.36. The van der Waals surface area contributed by atoms with E-state index < -0.39 is 0 Å². The third kappa shape index (κ3) is 2.73. The van der Waals surface area contributed by atoms with Crippen LogP contribution in [-0.4, -0.2) is 23.3 Å². The van der Waals surface area contributed by atoms with Gasteiger partial charge >= 0.3 is 0 Å². The quantitative estimate of drug-likeness (QED) is 0.800. The molecular formula is C13H18N4. The maximum absolute atomic E-state index is 9.04. The van der Waals surface area contributed by atoms with Crippen LogP contribution in [0.1, 0.15) is 38.2 Å². The van der Waals surface area contributed by atoms with Crippen LogP contribution in [0.15, 0.2) is 12.3 Å². The molecule has 0 aliphatic carbocycles. The maximum Gasteiger partial charge on any atom is 0.169 e. The first kappa shape index (κ1) is 11.8. The number of piperidine rings is 1. The summed E-state index contributed by atoms with van der Waals surface area (Å²) in [6, 6.07) is 3.92. The van der Waals surface area contributed by atoms with Crippen LogP contribution in [0.4, 0.5) is 5.82 Å². The van der Waals surface area contributed by atoms with Gasteiger partial charge < -0.3 is 4.90 Å². The lowest BCUT2D eigenvalue weighted by Gasteiger charge is -2.32. The van der Waals surface area contributed by atoms with Gasteiger partial charge in [0.1, 0.15) is 6.07 Å². The highest BCUT2D eigenvalue weighted by Gasteiger charge is 2.21. The average molecular weight is 230 g/mol. The van der Waals surface area contributed by atoms with Crippen molar-refractivity contribution in [2.45, 2.75) is 32.6 Å². The number of nitrogens with zero attached hydrogens (tertiary/aromatic N) is 4. The molecule has 17 heavy (non-hydrogen) atoms. The molecule has 0 aromatic carbocycles. The first-order valence-corrected chi connectivity index (χ1v) is 6.32. The minimum absolute atomic E-state index is 0.633. The maximum atomic E-state index is 9.04. The fourth-order valence-corrected chi connectivity index (χ4v) is 2.49. The van der Waals surface area contributed by atoms with Crippen molar-refractivity contribution in [2.75, 3.05) is 18.0 Å². The summed E-state index contributed by atoms with van der Waals surface area (Å²) in [6.07, 6.45) is 6.56. The Hall–Kier alpha value is -1.63. The van der Waals surface area contributed by atoms with Gasteiger partial charge in [-0.15, -0.1) is 5.10 Å². The monoisotopic (exact) mass is 230 g/mol. The first-order valence-electron chi connectivity index (χ1n) is 6.32. The summed E-state index contributed by atoms with van der Waals surface area (Å²) < 4.78 is 0. The van der Waals surface area contributed by atoms with Gasteiger partial charge in [0, 0.05) is 13.1 Å². The highest BCUT2D eigenvalue weighted by atomic mass is 15.3. The average Bonchev–Trinajstić information content (AvgIpc) is 2.40.